The number of cyclic esters (lactones) is 1. The highest BCUT2D eigenvalue weighted by molar-refractivity contribution is 5.95. The van der Waals surface area contributed by atoms with Crippen LogP contribution >= 0.6 is 0 Å². The number of nitrogens with zero attached hydrogens (tertiary/aromatic N) is 2. The molecule has 1 aromatic rings. The Bertz CT molecular complexity index is 742. The summed E-state index contributed by atoms with van der Waals surface area (Å²) in [6.07, 6.45) is 0.713. The van der Waals surface area contributed by atoms with Gasteiger partial charge in [-0.25, -0.2) is 19.3 Å². The predicted octanol–water partition coefficient (Wildman–Crippen LogP) is 2.85. The summed E-state index contributed by atoms with van der Waals surface area (Å²) in [6.45, 7) is 7.95. The maximum Gasteiger partial charge on any atom is 0.419 e. The third-order valence-corrected chi connectivity index (χ3v) is 5.73. The third kappa shape index (κ3) is 5.06. The largest absolute Gasteiger partial charge is 0.478 e. The first kappa shape index (κ1) is 21.1. The number of carboxylic acid groups (broad SMARTS) is 1. The summed E-state index contributed by atoms with van der Waals surface area (Å²) in [5.41, 5.74) is 0.936. The highest BCUT2D eigenvalue weighted by Crippen LogP contribution is 2.33. The van der Waals surface area contributed by atoms with Crippen molar-refractivity contribution < 1.29 is 24.2 Å². The number of hydrogen-bond donors (Lipinski definition) is 2. The van der Waals surface area contributed by atoms with Crippen LogP contribution in [-0.4, -0.2) is 65.3 Å². The van der Waals surface area contributed by atoms with Crippen molar-refractivity contribution in [2.24, 2.45) is 5.41 Å². The number of amides is 3. The Labute approximate surface area is 170 Å². The topological polar surface area (TPSA) is 99.2 Å². The van der Waals surface area contributed by atoms with Crippen LogP contribution in [-0.2, 0) is 9.53 Å². The number of imide groups is 1. The molecule has 8 heteroatoms. The van der Waals surface area contributed by atoms with E-state index in [4.69, 9.17) is 4.74 Å². The standard InChI is InChI=1S/C21H29N3O5/c1-21(2)9-13-23(14-10-21)12-6-11-22-19(27)24-16(15-7-4-3-5-8-15)17(18(25)26)29-20(24)28/h3-5,7-8,16-17H,6,9-14H2,1-2H3,(H,22,27)(H,25,26). The van der Waals surface area contributed by atoms with Crippen molar-refractivity contribution in [3.63, 3.8) is 0 Å². The zero-order chi connectivity index (χ0) is 21.0. The molecule has 2 saturated heterocycles. The first-order valence-electron chi connectivity index (χ1n) is 10.1. The number of likely N-dealkylation sites (tertiary alicyclic amines) is 1. The van der Waals surface area contributed by atoms with Crippen molar-refractivity contribution >= 4 is 18.1 Å². The molecule has 29 heavy (non-hydrogen) atoms. The van der Waals surface area contributed by atoms with Crippen LogP contribution in [0.4, 0.5) is 9.59 Å². The van der Waals surface area contributed by atoms with E-state index >= 15 is 0 Å². The molecule has 2 fully saturated rings. The van der Waals surface area contributed by atoms with E-state index in [0.29, 0.717) is 17.5 Å². The Hall–Kier alpha value is -2.61. The van der Waals surface area contributed by atoms with Gasteiger partial charge in [-0.15, -0.1) is 0 Å². The van der Waals surface area contributed by atoms with Gasteiger partial charge in [-0.3, -0.25) is 0 Å². The normalized spacial score (nSPS) is 24.2. The summed E-state index contributed by atoms with van der Waals surface area (Å²) >= 11 is 0. The number of piperidine rings is 1. The number of urea groups is 1. The molecule has 1 aromatic carbocycles. The lowest BCUT2D eigenvalue weighted by atomic mass is 9.83. The Morgan fingerprint density at radius 2 is 1.86 bits per heavy atom. The molecular formula is C21H29N3O5. The molecule has 2 aliphatic rings. The molecule has 3 rings (SSSR count). The number of ether oxygens (including phenoxy) is 1. The van der Waals surface area contributed by atoms with E-state index in [-0.39, 0.29) is 0 Å². The molecule has 2 atom stereocenters. The molecule has 8 nitrogen and oxygen atoms in total. The first-order chi connectivity index (χ1) is 13.8. The van der Waals surface area contributed by atoms with Crippen LogP contribution in [0.3, 0.4) is 0 Å². The van der Waals surface area contributed by atoms with E-state index < -0.39 is 30.2 Å². The van der Waals surface area contributed by atoms with E-state index in [2.05, 4.69) is 24.1 Å². The molecule has 0 spiro atoms. The second-order valence-electron chi connectivity index (χ2n) is 8.46. The molecule has 2 heterocycles. The Morgan fingerprint density at radius 3 is 2.48 bits per heavy atom. The fraction of sp³-hybridized carbons (Fsp3) is 0.571. The quantitative estimate of drug-likeness (QED) is 0.709. The monoisotopic (exact) mass is 403 g/mol. The van der Waals surface area contributed by atoms with Gasteiger partial charge in [0.05, 0.1) is 0 Å². The van der Waals surface area contributed by atoms with Gasteiger partial charge in [-0.1, -0.05) is 44.2 Å². The molecule has 0 aliphatic carbocycles. The number of carbonyl (C=O) groups excluding carboxylic acids is 2. The Balaban J connectivity index is 1.56. The predicted molar refractivity (Wildman–Crippen MR) is 106 cm³/mol. The molecule has 2 unspecified atom stereocenters. The van der Waals surface area contributed by atoms with E-state index in [9.17, 15) is 19.5 Å². The fourth-order valence-electron chi connectivity index (χ4n) is 3.81. The SMILES string of the molecule is CC1(C)CCN(CCCNC(=O)N2C(=O)OC(C(=O)O)C2c2ccccc2)CC1. The van der Waals surface area contributed by atoms with Crippen LogP contribution in [0.25, 0.3) is 0 Å². The molecule has 2 aliphatic heterocycles. The maximum atomic E-state index is 12.7. The van der Waals surface area contributed by atoms with Gasteiger partial charge in [-0.05, 0) is 49.9 Å². The highest BCUT2D eigenvalue weighted by Gasteiger charge is 2.49. The smallest absolute Gasteiger partial charge is 0.419 e. The molecule has 0 aromatic heterocycles. The van der Waals surface area contributed by atoms with Crippen molar-refractivity contribution in [1.29, 1.82) is 0 Å². The molecule has 3 amide bonds. The van der Waals surface area contributed by atoms with Crippen LogP contribution in [0.2, 0.25) is 0 Å². The molecule has 0 bridgehead atoms. The molecule has 2 N–H and O–H groups in total. The summed E-state index contributed by atoms with van der Waals surface area (Å²) in [5.74, 6) is -1.28. The van der Waals surface area contributed by atoms with Crippen LogP contribution in [0.1, 0.15) is 44.7 Å². The minimum absolute atomic E-state index is 0.397. The van der Waals surface area contributed by atoms with E-state index in [1.165, 1.54) is 0 Å². The van der Waals surface area contributed by atoms with Crippen LogP contribution in [0.5, 0.6) is 0 Å². The number of hydrogen-bond acceptors (Lipinski definition) is 5. The Kier molecular flexibility index (Phi) is 6.42. The van der Waals surface area contributed by atoms with Gasteiger partial charge in [-0.2, -0.15) is 0 Å². The summed E-state index contributed by atoms with van der Waals surface area (Å²) in [4.78, 5) is 39.7. The van der Waals surface area contributed by atoms with Crippen LogP contribution < -0.4 is 5.32 Å². The molecular weight excluding hydrogens is 374 g/mol. The summed E-state index contributed by atoms with van der Waals surface area (Å²) in [7, 11) is 0. The summed E-state index contributed by atoms with van der Waals surface area (Å²) in [5, 5.41) is 12.2. The van der Waals surface area contributed by atoms with E-state index in [1.54, 1.807) is 30.3 Å². The van der Waals surface area contributed by atoms with Gasteiger partial charge in [0.2, 0.25) is 6.10 Å². The van der Waals surface area contributed by atoms with Crippen molar-refractivity contribution in [3.05, 3.63) is 35.9 Å². The summed E-state index contributed by atoms with van der Waals surface area (Å²) < 4.78 is 4.96. The van der Waals surface area contributed by atoms with Crippen molar-refractivity contribution in [2.45, 2.75) is 45.3 Å². The van der Waals surface area contributed by atoms with Crippen molar-refractivity contribution in [2.75, 3.05) is 26.2 Å². The second kappa shape index (κ2) is 8.82. The zero-order valence-corrected chi connectivity index (χ0v) is 17.0. The number of rotatable bonds is 6. The third-order valence-electron chi connectivity index (χ3n) is 5.73. The fourth-order valence-corrected chi connectivity index (χ4v) is 3.81. The first-order valence-corrected chi connectivity index (χ1v) is 10.1. The van der Waals surface area contributed by atoms with Gasteiger partial charge in [0.1, 0.15) is 6.04 Å². The zero-order valence-electron chi connectivity index (χ0n) is 17.0. The maximum absolute atomic E-state index is 12.7. The molecule has 0 radical (unpaired) electrons. The second-order valence-corrected chi connectivity index (χ2v) is 8.46. The van der Waals surface area contributed by atoms with Gasteiger partial charge >= 0.3 is 18.1 Å². The lowest BCUT2D eigenvalue weighted by Gasteiger charge is -2.36. The van der Waals surface area contributed by atoms with E-state index in [1.807, 2.05) is 0 Å². The average molecular weight is 403 g/mol. The van der Waals surface area contributed by atoms with Gasteiger partial charge in [0.15, 0.2) is 0 Å². The number of carbonyl (C=O) groups is 3. The lowest BCUT2D eigenvalue weighted by Crippen LogP contribution is -2.44. The molecule has 0 saturated carbocycles. The minimum Gasteiger partial charge on any atom is -0.478 e. The average Bonchev–Trinajstić information content (AvgIpc) is 3.04. The van der Waals surface area contributed by atoms with Gasteiger partial charge in [0.25, 0.3) is 0 Å². The highest BCUT2D eigenvalue weighted by atomic mass is 16.6. The van der Waals surface area contributed by atoms with Gasteiger partial charge < -0.3 is 20.1 Å². The number of nitrogens with one attached hydrogen (secondary N) is 1. The van der Waals surface area contributed by atoms with E-state index in [0.717, 1.165) is 43.8 Å². The minimum atomic E-state index is -1.42. The number of carboxylic acids is 1. The molecule has 158 valence electrons. The van der Waals surface area contributed by atoms with Crippen molar-refractivity contribution in [1.82, 2.24) is 15.1 Å². The van der Waals surface area contributed by atoms with Crippen LogP contribution in [0.15, 0.2) is 30.3 Å². The van der Waals surface area contributed by atoms with Crippen LogP contribution in [0, 0.1) is 5.41 Å². The summed E-state index contributed by atoms with van der Waals surface area (Å²) in [6, 6.07) is 6.97. The number of aliphatic carboxylic acids is 1. The number of benzene rings is 1. The Morgan fingerprint density at radius 1 is 1.21 bits per heavy atom. The van der Waals surface area contributed by atoms with Crippen molar-refractivity contribution in [3.8, 4) is 0 Å². The van der Waals surface area contributed by atoms with Gasteiger partial charge in [0, 0.05) is 6.54 Å². The lowest BCUT2D eigenvalue weighted by molar-refractivity contribution is -0.146.